The Balaban J connectivity index is 1.03. The maximum absolute atomic E-state index is 14.7. The van der Waals surface area contributed by atoms with Gasteiger partial charge >= 0.3 is 0 Å². The highest BCUT2D eigenvalue weighted by atomic mass is 32.2. The van der Waals surface area contributed by atoms with Gasteiger partial charge in [-0.25, -0.2) is 50.5 Å². The Morgan fingerprint density at radius 1 is 0.283 bits per heavy atom. The Labute approximate surface area is 585 Å². The molecular formula is C70H89N9O14S6. The maximum Gasteiger partial charge on any atom is 0.274 e. The van der Waals surface area contributed by atoms with Crippen LogP contribution < -0.4 is 0 Å². The largest absolute Gasteiger partial charge is 0.298 e. The lowest BCUT2D eigenvalue weighted by molar-refractivity contribution is -0.385. The van der Waals surface area contributed by atoms with Gasteiger partial charge in [0.05, 0.1) is 34.3 Å². The number of nitro benzene ring substituents is 1. The zero-order chi connectivity index (χ0) is 71.5. The van der Waals surface area contributed by atoms with Crippen LogP contribution >= 0.6 is 0 Å². The number of benzene rings is 7. The summed E-state index contributed by atoms with van der Waals surface area (Å²) in [4.78, 5) is 16.7. The zero-order valence-electron chi connectivity index (χ0n) is 56.8. The molecule has 0 saturated carbocycles. The van der Waals surface area contributed by atoms with E-state index in [4.69, 9.17) is 0 Å². The van der Waals surface area contributed by atoms with Crippen LogP contribution in [0.25, 0.3) is 0 Å². The van der Waals surface area contributed by atoms with Crippen molar-refractivity contribution in [1.82, 2.24) is 35.6 Å². The molecule has 0 N–H and O–H groups in total. The lowest BCUT2D eigenvalue weighted by Crippen LogP contribution is -2.45. The Hall–Kier alpha value is -6.68. The van der Waals surface area contributed by atoms with Crippen LogP contribution in [-0.4, -0.2) is 196 Å². The summed E-state index contributed by atoms with van der Waals surface area (Å²) < 4.78 is 183. The van der Waals surface area contributed by atoms with Crippen molar-refractivity contribution in [3.63, 3.8) is 0 Å². The fourth-order valence-corrected chi connectivity index (χ4v) is 20.9. The summed E-state index contributed by atoms with van der Waals surface area (Å²) in [6.45, 7) is 9.16. The molecule has 0 aromatic heterocycles. The fourth-order valence-electron chi connectivity index (χ4n) is 12.1. The van der Waals surface area contributed by atoms with Crippen LogP contribution in [0.15, 0.2) is 193 Å². The average molecular weight is 1470 g/mol. The van der Waals surface area contributed by atoms with Crippen molar-refractivity contribution < 1.29 is 55.4 Å². The molecule has 0 radical (unpaired) electrons. The van der Waals surface area contributed by atoms with Gasteiger partial charge in [0, 0.05) is 116 Å². The molecule has 534 valence electrons. The SMILES string of the molecule is Cc1ccc(S(=O)(=O)N2CCCN(S(=O)(=O)c3ccc(C)cc3)CCN(S(=O)(=O)c3ccc(C)cc3)CCCN(Cc3ccc(CN4CCCN(S(=O)(=O)c5ccc(C)cc5)CCN(S(=O)(=O)c5ccc(C)cc5)CCCN(S(=O)(=O)c5ccc(C)cc5)CC4)c([N+](=O)[O-])c3)CC2)cc1. The highest BCUT2D eigenvalue weighted by Crippen LogP contribution is 2.29. The van der Waals surface area contributed by atoms with E-state index >= 15 is 0 Å². The summed E-state index contributed by atoms with van der Waals surface area (Å²) in [5.41, 5.74) is 5.42. The van der Waals surface area contributed by atoms with Gasteiger partial charge in [0.15, 0.2) is 0 Å². The average Bonchev–Trinajstić information content (AvgIpc) is 0.821. The third kappa shape index (κ3) is 19.3. The molecule has 2 saturated heterocycles. The molecule has 7 aromatic rings. The monoisotopic (exact) mass is 1470 g/mol. The third-order valence-electron chi connectivity index (χ3n) is 18.0. The molecular weight excluding hydrogens is 1380 g/mol. The number of hydrogen-bond acceptors (Lipinski definition) is 16. The predicted molar refractivity (Wildman–Crippen MR) is 382 cm³/mol. The second-order valence-electron chi connectivity index (χ2n) is 25.5. The summed E-state index contributed by atoms with van der Waals surface area (Å²) in [6.07, 6.45) is 0.334. The Morgan fingerprint density at radius 3 is 0.727 bits per heavy atom. The fraction of sp³-hybridized carbons (Fsp3) is 0.400. The molecule has 2 aliphatic rings. The van der Waals surface area contributed by atoms with Crippen molar-refractivity contribution in [1.29, 1.82) is 0 Å². The van der Waals surface area contributed by atoms with Crippen LogP contribution in [-0.2, 0) is 73.2 Å². The van der Waals surface area contributed by atoms with Gasteiger partial charge in [-0.05, 0) is 159 Å². The van der Waals surface area contributed by atoms with Crippen LogP contribution in [0.2, 0.25) is 0 Å². The number of hydrogen-bond donors (Lipinski definition) is 0. The van der Waals surface area contributed by atoms with Crippen molar-refractivity contribution in [3.05, 3.63) is 218 Å². The van der Waals surface area contributed by atoms with Crippen LogP contribution in [0.4, 0.5) is 5.69 Å². The predicted octanol–water partition coefficient (Wildman–Crippen LogP) is 8.78. The first kappa shape index (κ1) is 76.5. The van der Waals surface area contributed by atoms with E-state index in [-0.39, 0.29) is 184 Å². The first-order valence-electron chi connectivity index (χ1n) is 33.0. The van der Waals surface area contributed by atoms with Crippen LogP contribution in [0.5, 0.6) is 0 Å². The Morgan fingerprint density at radius 2 is 0.495 bits per heavy atom. The highest BCUT2D eigenvalue weighted by molar-refractivity contribution is 7.90. The molecule has 2 heterocycles. The summed E-state index contributed by atoms with van der Waals surface area (Å²) in [5, 5.41) is 13.4. The van der Waals surface area contributed by atoms with Crippen molar-refractivity contribution in [2.45, 2.75) is 110 Å². The summed E-state index contributed by atoms with van der Waals surface area (Å²) in [5.74, 6) is 0. The molecule has 99 heavy (non-hydrogen) atoms. The van der Waals surface area contributed by atoms with Crippen molar-refractivity contribution in [2.75, 3.05) is 105 Å². The van der Waals surface area contributed by atoms with Gasteiger partial charge in [0.2, 0.25) is 60.1 Å². The van der Waals surface area contributed by atoms with E-state index in [0.717, 1.165) is 33.4 Å². The van der Waals surface area contributed by atoms with Crippen molar-refractivity contribution in [2.24, 2.45) is 0 Å². The van der Waals surface area contributed by atoms with E-state index in [9.17, 15) is 60.6 Å². The first-order chi connectivity index (χ1) is 46.8. The number of sulfonamides is 6. The molecule has 2 aliphatic heterocycles. The Kier molecular flexibility index (Phi) is 25.5. The lowest BCUT2D eigenvalue weighted by atomic mass is 10.1. The maximum atomic E-state index is 14.7. The van der Waals surface area contributed by atoms with Gasteiger partial charge < -0.3 is 0 Å². The molecule has 0 unspecified atom stereocenters. The number of rotatable bonds is 17. The molecule has 9 rings (SSSR count). The van der Waals surface area contributed by atoms with Crippen molar-refractivity contribution >= 4 is 65.8 Å². The van der Waals surface area contributed by atoms with E-state index in [2.05, 4.69) is 0 Å². The zero-order valence-corrected chi connectivity index (χ0v) is 61.7. The van der Waals surface area contributed by atoms with E-state index in [1.807, 2.05) is 51.3 Å². The first-order valence-corrected chi connectivity index (χ1v) is 41.6. The van der Waals surface area contributed by atoms with Gasteiger partial charge in [-0.1, -0.05) is 118 Å². The topological polar surface area (TPSA) is 274 Å². The molecule has 7 aromatic carbocycles. The van der Waals surface area contributed by atoms with Gasteiger partial charge in [-0.3, -0.25) is 19.9 Å². The van der Waals surface area contributed by atoms with Crippen LogP contribution in [0.3, 0.4) is 0 Å². The molecule has 29 heteroatoms. The molecule has 0 atom stereocenters. The summed E-state index contributed by atoms with van der Waals surface area (Å²) in [7, 11) is -25.4. The van der Waals surface area contributed by atoms with Gasteiger partial charge in [0.25, 0.3) is 5.69 Å². The highest BCUT2D eigenvalue weighted by Gasteiger charge is 2.35. The molecule has 23 nitrogen and oxygen atoms in total. The molecule has 0 bridgehead atoms. The minimum absolute atomic E-state index is 0.0000273. The van der Waals surface area contributed by atoms with E-state index in [0.29, 0.717) is 5.56 Å². The summed E-state index contributed by atoms with van der Waals surface area (Å²) >= 11 is 0. The minimum Gasteiger partial charge on any atom is -0.298 e. The molecule has 2 fully saturated rings. The van der Waals surface area contributed by atoms with Crippen LogP contribution in [0.1, 0.15) is 70.2 Å². The van der Waals surface area contributed by atoms with Gasteiger partial charge in [-0.2, -0.15) is 25.8 Å². The molecule has 0 spiro atoms. The Bertz CT molecular complexity index is 4640. The number of nitro groups is 1. The molecule has 0 aliphatic carbocycles. The normalized spacial score (nSPS) is 17.9. The third-order valence-corrected chi connectivity index (χ3v) is 29.5. The molecule has 0 amide bonds. The minimum atomic E-state index is -4.25. The van der Waals surface area contributed by atoms with E-state index < -0.39 is 65.1 Å². The van der Waals surface area contributed by atoms with Gasteiger partial charge in [-0.15, -0.1) is 0 Å². The number of nitrogens with zero attached hydrogens (tertiary/aromatic N) is 9. The van der Waals surface area contributed by atoms with Gasteiger partial charge in [0.1, 0.15) is 0 Å². The standard InChI is InChI=1S/C70H89N9O14S6/c1-56-11-25-64(26-12-56)94(82,83)73-41-9-43-77(98(90,91)68-33-19-60(5)20-34-68)51-49-75(96(86,87)66-29-15-58(3)16-30-66)39-7-37-71(45-47-73)54-62-23-24-63(70(53-62)79(80)81)55-72-38-8-40-76(97(88,89)67-31-17-59(4)18-32-67)50-52-78(99(92,93)69-35-21-61(6)22-36-69)44-10-42-74(48-46-72)95(84,85)65-27-13-57(2)14-28-65/h11-36,53H,7-10,37-52,54-55H2,1-6H3. The van der Waals surface area contributed by atoms with Crippen molar-refractivity contribution in [3.8, 4) is 0 Å². The second kappa shape index (κ2) is 33.0. The van der Waals surface area contributed by atoms with E-state index in [1.54, 1.807) is 84.9 Å². The van der Waals surface area contributed by atoms with Crippen LogP contribution in [0, 0.1) is 51.7 Å². The second-order valence-corrected chi connectivity index (χ2v) is 37.1. The number of aryl methyl sites for hydroxylation is 6. The van der Waals surface area contributed by atoms with E-state index in [1.165, 1.54) is 105 Å². The quantitative estimate of drug-likeness (QED) is 0.0608. The lowest BCUT2D eigenvalue weighted by Gasteiger charge is -2.32. The smallest absolute Gasteiger partial charge is 0.274 e. The summed E-state index contributed by atoms with van der Waals surface area (Å²) in [6, 6.07) is 42.8.